The summed E-state index contributed by atoms with van der Waals surface area (Å²) in [7, 11) is 1.71. The molecule has 1 aliphatic heterocycles. The molecule has 120 valence electrons. The minimum atomic E-state index is 0.275. The normalized spacial score (nSPS) is 17.9. The predicted octanol–water partition coefficient (Wildman–Crippen LogP) is 3.80. The summed E-state index contributed by atoms with van der Waals surface area (Å²) in [5.74, 6) is 0.885. The Kier molecular flexibility index (Phi) is 5.61. The van der Waals surface area contributed by atoms with Gasteiger partial charge in [0.05, 0.1) is 25.3 Å². The molecular weight excluding hydrogens is 276 g/mol. The predicted molar refractivity (Wildman–Crippen MR) is 92.0 cm³/mol. The lowest BCUT2D eigenvalue weighted by atomic mass is 10.1. The van der Waals surface area contributed by atoms with Crippen molar-refractivity contribution < 1.29 is 9.47 Å². The van der Waals surface area contributed by atoms with Gasteiger partial charge in [-0.3, -0.25) is 4.98 Å². The molecule has 0 bridgehead atoms. The molecule has 1 atom stereocenters. The van der Waals surface area contributed by atoms with E-state index in [9.17, 15) is 0 Å². The first kappa shape index (κ1) is 16.6. The highest BCUT2D eigenvalue weighted by Gasteiger charge is 2.17. The summed E-state index contributed by atoms with van der Waals surface area (Å²) in [6, 6.07) is 8.35. The molecule has 3 rings (SSSR count). The number of rotatable bonds is 2. The summed E-state index contributed by atoms with van der Waals surface area (Å²) < 4.78 is 11.1. The van der Waals surface area contributed by atoms with E-state index in [-0.39, 0.29) is 6.10 Å². The molecule has 0 N–H and O–H groups in total. The van der Waals surface area contributed by atoms with Crippen LogP contribution in [0.25, 0.3) is 10.9 Å². The Morgan fingerprint density at radius 3 is 2.73 bits per heavy atom. The van der Waals surface area contributed by atoms with Gasteiger partial charge in [-0.05, 0) is 32.0 Å². The quantitative estimate of drug-likeness (QED) is 0.845. The van der Waals surface area contributed by atoms with E-state index < -0.39 is 0 Å². The third-order valence-electron chi connectivity index (χ3n) is 3.71. The number of benzene rings is 1. The van der Waals surface area contributed by atoms with Gasteiger partial charge in [0.15, 0.2) is 0 Å². The number of pyridine rings is 1. The largest absolute Gasteiger partial charge is 0.496 e. The van der Waals surface area contributed by atoms with Crippen LogP contribution in [0.15, 0.2) is 24.3 Å². The summed E-state index contributed by atoms with van der Waals surface area (Å²) in [4.78, 5) is 6.92. The topological polar surface area (TPSA) is 34.6 Å². The summed E-state index contributed by atoms with van der Waals surface area (Å²) in [5, 5.41) is 1.06. The highest BCUT2D eigenvalue weighted by Crippen LogP contribution is 2.29. The second-order valence-corrected chi connectivity index (χ2v) is 5.29. The first-order valence-corrected chi connectivity index (χ1v) is 7.99. The lowest BCUT2D eigenvalue weighted by molar-refractivity contribution is 0.0532. The molecule has 4 heteroatoms. The van der Waals surface area contributed by atoms with E-state index in [4.69, 9.17) is 9.47 Å². The van der Waals surface area contributed by atoms with Crippen LogP contribution in [-0.2, 0) is 4.74 Å². The third-order valence-corrected chi connectivity index (χ3v) is 3.71. The maximum atomic E-state index is 5.60. The number of fused-ring (bicyclic) bond motifs is 1. The van der Waals surface area contributed by atoms with Gasteiger partial charge in [0.25, 0.3) is 0 Å². The van der Waals surface area contributed by atoms with Crippen LogP contribution >= 0.6 is 0 Å². The molecule has 0 aliphatic carbocycles. The van der Waals surface area contributed by atoms with Crippen LogP contribution in [0.2, 0.25) is 0 Å². The van der Waals surface area contributed by atoms with Crippen molar-refractivity contribution in [1.29, 1.82) is 0 Å². The second-order valence-electron chi connectivity index (χ2n) is 5.29. The molecule has 1 saturated heterocycles. The molecule has 0 spiro atoms. The standard InChI is InChI=1S/C16H20N2O2.C2H6/c1-11-8-16(19-3)14-9-13(4-5-15(14)17-11)18-6-7-20-12(2)10-18;1-2/h4-5,8-9,12H,6-7,10H2,1-3H3;1-2H3. The minimum absolute atomic E-state index is 0.275. The van der Waals surface area contributed by atoms with E-state index in [1.165, 1.54) is 5.69 Å². The monoisotopic (exact) mass is 302 g/mol. The van der Waals surface area contributed by atoms with E-state index in [0.29, 0.717) is 0 Å². The van der Waals surface area contributed by atoms with Crippen LogP contribution in [0.4, 0.5) is 5.69 Å². The number of hydrogen-bond donors (Lipinski definition) is 0. The van der Waals surface area contributed by atoms with Crippen LogP contribution in [0, 0.1) is 6.92 Å². The Morgan fingerprint density at radius 2 is 2.05 bits per heavy atom. The zero-order chi connectivity index (χ0) is 16.1. The van der Waals surface area contributed by atoms with Crippen molar-refractivity contribution in [2.75, 3.05) is 31.7 Å². The average Bonchev–Trinajstić information content (AvgIpc) is 2.55. The van der Waals surface area contributed by atoms with Crippen molar-refractivity contribution in [3.63, 3.8) is 0 Å². The van der Waals surface area contributed by atoms with Gasteiger partial charge in [0, 0.05) is 35.9 Å². The fourth-order valence-corrected chi connectivity index (χ4v) is 2.73. The van der Waals surface area contributed by atoms with Crippen LogP contribution in [0.1, 0.15) is 26.5 Å². The third kappa shape index (κ3) is 3.50. The second kappa shape index (κ2) is 7.45. The van der Waals surface area contributed by atoms with Crippen molar-refractivity contribution in [3.05, 3.63) is 30.0 Å². The van der Waals surface area contributed by atoms with Gasteiger partial charge in [-0.2, -0.15) is 0 Å². The van der Waals surface area contributed by atoms with Gasteiger partial charge in [-0.15, -0.1) is 0 Å². The molecule has 1 fully saturated rings. The highest BCUT2D eigenvalue weighted by atomic mass is 16.5. The summed E-state index contributed by atoms with van der Waals surface area (Å²) in [5.41, 5.74) is 3.16. The maximum absolute atomic E-state index is 5.60. The molecule has 0 saturated carbocycles. The van der Waals surface area contributed by atoms with Crippen LogP contribution in [0.5, 0.6) is 5.75 Å². The van der Waals surface area contributed by atoms with Gasteiger partial charge in [-0.1, -0.05) is 13.8 Å². The van der Waals surface area contributed by atoms with Crippen LogP contribution in [0.3, 0.4) is 0 Å². The molecule has 0 amide bonds. The highest BCUT2D eigenvalue weighted by molar-refractivity contribution is 5.88. The molecule has 2 aromatic rings. The van der Waals surface area contributed by atoms with Crippen molar-refractivity contribution in [1.82, 2.24) is 4.98 Å². The fourth-order valence-electron chi connectivity index (χ4n) is 2.73. The Labute approximate surface area is 133 Å². The molecule has 0 radical (unpaired) electrons. The summed E-state index contributed by atoms with van der Waals surface area (Å²) in [6.45, 7) is 10.7. The van der Waals surface area contributed by atoms with E-state index in [1.807, 2.05) is 26.8 Å². The van der Waals surface area contributed by atoms with Gasteiger partial charge in [-0.25, -0.2) is 0 Å². The Balaban J connectivity index is 0.000000847. The average molecular weight is 302 g/mol. The maximum Gasteiger partial charge on any atom is 0.130 e. The number of aromatic nitrogens is 1. The van der Waals surface area contributed by atoms with Gasteiger partial charge in [0.2, 0.25) is 0 Å². The van der Waals surface area contributed by atoms with E-state index in [1.54, 1.807) is 7.11 Å². The smallest absolute Gasteiger partial charge is 0.130 e. The van der Waals surface area contributed by atoms with Crippen molar-refractivity contribution in [2.45, 2.75) is 33.8 Å². The number of aryl methyl sites for hydroxylation is 1. The molecule has 1 aliphatic rings. The number of ether oxygens (including phenoxy) is 2. The minimum Gasteiger partial charge on any atom is -0.496 e. The molecule has 1 aromatic carbocycles. The number of anilines is 1. The van der Waals surface area contributed by atoms with E-state index >= 15 is 0 Å². The first-order chi connectivity index (χ1) is 10.7. The fraction of sp³-hybridized carbons (Fsp3) is 0.500. The van der Waals surface area contributed by atoms with E-state index in [0.717, 1.165) is 42.0 Å². The Morgan fingerprint density at radius 1 is 1.27 bits per heavy atom. The number of nitrogens with zero attached hydrogens (tertiary/aromatic N) is 2. The van der Waals surface area contributed by atoms with Crippen LogP contribution in [-0.4, -0.2) is 37.9 Å². The van der Waals surface area contributed by atoms with Crippen molar-refractivity contribution in [3.8, 4) is 5.75 Å². The Bertz CT molecular complexity index is 628. The van der Waals surface area contributed by atoms with Crippen molar-refractivity contribution in [2.24, 2.45) is 0 Å². The van der Waals surface area contributed by atoms with Gasteiger partial charge < -0.3 is 14.4 Å². The zero-order valence-electron chi connectivity index (χ0n) is 14.2. The molecule has 1 aromatic heterocycles. The molecule has 1 unspecified atom stereocenters. The molecule has 4 nitrogen and oxygen atoms in total. The number of methoxy groups -OCH3 is 1. The summed E-state index contributed by atoms with van der Waals surface area (Å²) >= 11 is 0. The van der Waals surface area contributed by atoms with Gasteiger partial charge in [0.1, 0.15) is 5.75 Å². The van der Waals surface area contributed by atoms with Gasteiger partial charge >= 0.3 is 0 Å². The molecular formula is C18H26N2O2. The van der Waals surface area contributed by atoms with Crippen LogP contribution < -0.4 is 9.64 Å². The summed E-state index contributed by atoms with van der Waals surface area (Å²) in [6.07, 6.45) is 0.275. The Hall–Kier alpha value is -1.81. The lowest BCUT2D eigenvalue weighted by Crippen LogP contribution is -2.41. The SMILES string of the molecule is CC.COc1cc(C)nc2ccc(N3CCOC(C)C3)cc12. The number of hydrogen-bond acceptors (Lipinski definition) is 4. The van der Waals surface area contributed by atoms with E-state index in [2.05, 4.69) is 35.0 Å². The lowest BCUT2D eigenvalue weighted by Gasteiger charge is -2.33. The first-order valence-electron chi connectivity index (χ1n) is 7.99. The number of morpholine rings is 1. The van der Waals surface area contributed by atoms with Crippen molar-refractivity contribution >= 4 is 16.6 Å². The zero-order valence-corrected chi connectivity index (χ0v) is 14.2. The molecule has 2 heterocycles. The molecule has 22 heavy (non-hydrogen) atoms.